The number of aromatic amines is 1. The Morgan fingerprint density at radius 2 is 1.96 bits per heavy atom. The zero-order valence-corrected chi connectivity index (χ0v) is 12.9. The van der Waals surface area contributed by atoms with Gasteiger partial charge in [0.05, 0.1) is 0 Å². The number of nitrogens with zero attached hydrogens (tertiary/aromatic N) is 2. The summed E-state index contributed by atoms with van der Waals surface area (Å²) in [4.78, 5) is 19.2. The minimum atomic E-state index is -0.385. The monoisotopic (exact) mass is 301 g/mol. The molecule has 0 aliphatic carbocycles. The predicted octanol–water partition coefficient (Wildman–Crippen LogP) is 3.59. The number of hydrogen-bond donors (Lipinski definition) is 1. The quantitative estimate of drug-likeness (QED) is 0.786. The molecular formula is C19H15N3O. The summed E-state index contributed by atoms with van der Waals surface area (Å²) in [5.41, 5.74) is 4.95. The number of pyridine rings is 2. The van der Waals surface area contributed by atoms with Crippen molar-refractivity contribution in [1.29, 1.82) is 5.26 Å². The smallest absolute Gasteiger partial charge is 0.266 e. The van der Waals surface area contributed by atoms with Crippen LogP contribution in [-0.4, -0.2) is 9.97 Å². The fourth-order valence-electron chi connectivity index (χ4n) is 2.68. The molecule has 1 N–H and O–H groups in total. The number of benzene rings is 1. The maximum absolute atomic E-state index is 12.3. The Hall–Kier alpha value is -3.19. The van der Waals surface area contributed by atoms with Gasteiger partial charge in [-0.15, -0.1) is 0 Å². The highest BCUT2D eigenvalue weighted by Gasteiger charge is 2.13. The first-order chi connectivity index (χ1) is 11.1. The van der Waals surface area contributed by atoms with Crippen LogP contribution in [0.2, 0.25) is 0 Å². The van der Waals surface area contributed by atoms with Crippen molar-refractivity contribution >= 4 is 0 Å². The maximum Gasteiger partial charge on any atom is 0.266 e. The van der Waals surface area contributed by atoms with E-state index in [0.29, 0.717) is 11.3 Å². The molecule has 0 amide bonds. The zero-order chi connectivity index (χ0) is 16.4. The van der Waals surface area contributed by atoms with Crippen molar-refractivity contribution in [2.24, 2.45) is 0 Å². The lowest BCUT2D eigenvalue weighted by molar-refractivity contribution is 1.20. The highest BCUT2D eigenvalue weighted by molar-refractivity contribution is 5.75. The molecule has 0 aliphatic rings. The molecule has 2 aromatic heterocycles. The van der Waals surface area contributed by atoms with E-state index in [2.05, 4.69) is 16.0 Å². The van der Waals surface area contributed by atoms with Crippen LogP contribution < -0.4 is 5.56 Å². The van der Waals surface area contributed by atoms with Crippen molar-refractivity contribution in [2.45, 2.75) is 13.8 Å². The van der Waals surface area contributed by atoms with E-state index in [1.54, 1.807) is 18.5 Å². The fourth-order valence-corrected chi connectivity index (χ4v) is 2.68. The number of aromatic nitrogens is 2. The second-order valence-corrected chi connectivity index (χ2v) is 5.47. The molecule has 0 atom stereocenters. The average Bonchev–Trinajstić information content (AvgIpc) is 2.55. The molecular weight excluding hydrogens is 286 g/mol. The molecule has 0 bridgehead atoms. The number of aryl methyl sites for hydroxylation is 2. The molecule has 0 saturated heterocycles. The Kier molecular flexibility index (Phi) is 3.78. The molecule has 23 heavy (non-hydrogen) atoms. The summed E-state index contributed by atoms with van der Waals surface area (Å²) in [6.45, 7) is 4.03. The van der Waals surface area contributed by atoms with Gasteiger partial charge in [-0.3, -0.25) is 9.78 Å². The highest BCUT2D eigenvalue weighted by atomic mass is 16.1. The number of nitrogens with one attached hydrogen (secondary N) is 1. The van der Waals surface area contributed by atoms with Crippen molar-refractivity contribution in [3.63, 3.8) is 0 Å². The van der Waals surface area contributed by atoms with E-state index >= 15 is 0 Å². The van der Waals surface area contributed by atoms with Gasteiger partial charge >= 0.3 is 0 Å². The second kappa shape index (κ2) is 5.90. The minimum Gasteiger partial charge on any atom is -0.321 e. The predicted molar refractivity (Wildman–Crippen MR) is 89.9 cm³/mol. The number of hydrogen-bond acceptors (Lipinski definition) is 3. The van der Waals surface area contributed by atoms with Crippen LogP contribution >= 0.6 is 0 Å². The van der Waals surface area contributed by atoms with Gasteiger partial charge in [0.15, 0.2) is 0 Å². The third kappa shape index (κ3) is 2.77. The molecule has 1 aromatic carbocycles. The summed E-state index contributed by atoms with van der Waals surface area (Å²) in [5.74, 6) is 0. The van der Waals surface area contributed by atoms with E-state index in [-0.39, 0.29) is 11.1 Å². The van der Waals surface area contributed by atoms with Gasteiger partial charge < -0.3 is 4.98 Å². The largest absolute Gasteiger partial charge is 0.321 e. The van der Waals surface area contributed by atoms with Crippen LogP contribution in [0.5, 0.6) is 0 Å². The summed E-state index contributed by atoms with van der Waals surface area (Å²) >= 11 is 0. The van der Waals surface area contributed by atoms with Crippen LogP contribution in [-0.2, 0) is 0 Å². The van der Waals surface area contributed by atoms with E-state index in [4.69, 9.17) is 0 Å². The molecule has 4 nitrogen and oxygen atoms in total. The third-order valence-electron chi connectivity index (χ3n) is 3.79. The van der Waals surface area contributed by atoms with E-state index in [0.717, 1.165) is 22.3 Å². The lowest BCUT2D eigenvalue weighted by Gasteiger charge is -2.10. The van der Waals surface area contributed by atoms with E-state index in [1.165, 1.54) is 0 Å². The fraction of sp³-hybridized carbons (Fsp3) is 0.105. The molecule has 0 radical (unpaired) electrons. The molecule has 0 spiro atoms. The number of H-pyrrole nitrogens is 1. The van der Waals surface area contributed by atoms with Crippen molar-refractivity contribution in [3.05, 3.63) is 75.8 Å². The summed E-state index contributed by atoms with van der Waals surface area (Å²) in [6.07, 6.45) is 3.31. The summed E-state index contributed by atoms with van der Waals surface area (Å²) in [5, 5.41) is 9.32. The van der Waals surface area contributed by atoms with Crippen LogP contribution in [0.3, 0.4) is 0 Å². The second-order valence-electron chi connectivity index (χ2n) is 5.47. The molecule has 112 valence electrons. The van der Waals surface area contributed by atoms with E-state index in [9.17, 15) is 10.1 Å². The SMILES string of the molecule is Cc1ccc(-c2cc(-c3cccnc3)c(C#N)c(=O)[nH]2)c(C)c1. The average molecular weight is 301 g/mol. The summed E-state index contributed by atoms with van der Waals surface area (Å²) < 4.78 is 0. The Morgan fingerprint density at radius 3 is 2.61 bits per heavy atom. The lowest BCUT2D eigenvalue weighted by atomic mass is 9.97. The lowest BCUT2D eigenvalue weighted by Crippen LogP contribution is -2.13. The number of nitriles is 1. The van der Waals surface area contributed by atoms with Crippen molar-refractivity contribution in [2.75, 3.05) is 0 Å². The molecule has 0 aliphatic heterocycles. The molecule has 3 aromatic rings. The van der Waals surface area contributed by atoms with Gasteiger partial charge in [-0.1, -0.05) is 29.8 Å². The molecule has 4 heteroatoms. The first-order valence-electron chi connectivity index (χ1n) is 7.25. The molecule has 0 fully saturated rings. The van der Waals surface area contributed by atoms with E-state index in [1.807, 2.05) is 44.2 Å². The van der Waals surface area contributed by atoms with Crippen LogP contribution in [0.15, 0.2) is 53.6 Å². The normalized spacial score (nSPS) is 10.3. The van der Waals surface area contributed by atoms with Crippen molar-refractivity contribution in [3.8, 4) is 28.5 Å². The van der Waals surface area contributed by atoms with E-state index < -0.39 is 0 Å². The summed E-state index contributed by atoms with van der Waals surface area (Å²) in [6, 6.07) is 13.5. The Balaban J connectivity index is 2.27. The van der Waals surface area contributed by atoms with Gasteiger partial charge in [-0.25, -0.2) is 0 Å². The van der Waals surface area contributed by atoms with Crippen molar-refractivity contribution in [1.82, 2.24) is 9.97 Å². The first kappa shape index (κ1) is 14.7. The maximum atomic E-state index is 12.3. The first-order valence-corrected chi connectivity index (χ1v) is 7.25. The third-order valence-corrected chi connectivity index (χ3v) is 3.79. The van der Waals surface area contributed by atoms with Crippen LogP contribution in [0.1, 0.15) is 16.7 Å². The highest BCUT2D eigenvalue weighted by Crippen LogP contribution is 2.27. The summed E-state index contributed by atoms with van der Waals surface area (Å²) in [7, 11) is 0. The molecule has 3 rings (SSSR count). The Bertz CT molecular complexity index is 966. The topological polar surface area (TPSA) is 69.5 Å². The van der Waals surface area contributed by atoms with Crippen LogP contribution in [0, 0.1) is 25.2 Å². The van der Waals surface area contributed by atoms with Gasteiger partial charge in [0.25, 0.3) is 5.56 Å². The molecule has 2 heterocycles. The zero-order valence-electron chi connectivity index (χ0n) is 12.9. The van der Waals surface area contributed by atoms with Crippen LogP contribution in [0.4, 0.5) is 0 Å². The van der Waals surface area contributed by atoms with Crippen molar-refractivity contribution < 1.29 is 0 Å². The molecule has 0 saturated carbocycles. The minimum absolute atomic E-state index is 0.103. The van der Waals surface area contributed by atoms with Gasteiger partial charge in [0, 0.05) is 34.8 Å². The standard InChI is InChI=1S/C19H15N3O/c1-12-5-6-15(13(2)8-12)18-9-16(14-4-3-7-21-11-14)17(10-20)19(23)22-18/h3-9,11H,1-2H3,(H,22,23). The van der Waals surface area contributed by atoms with Gasteiger partial charge in [0.1, 0.15) is 11.6 Å². The van der Waals surface area contributed by atoms with Gasteiger partial charge in [0.2, 0.25) is 0 Å². The van der Waals surface area contributed by atoms with Gasteiger partial charge in [-0.2, -0.15) is 5.26 Å². The van der Waals surface area contributed by atoms with Crippen LogP contribution in [0.25, 0.3) is 22.4 Å². The number of rotatable bonds is 2. The van der Waals surface area contributed by atoms with Gasteiger partial charge in [-0.05, 0) is 31.5 Å². The Labute approximate surface area is 134 Å². The molecule has 0 unspecified atom stereocenters. The Morgan fingerprint density at radius 1 is 1.13 bits per heavy atom.